The van der Waals surface area contributed by atoms with Crippen molar-refractivity contribution < 1.29 is 8.78 Å². The molecule has 0 amide bonds. The number of hydrogen-bond donors (Lipinski definition) is 0. The third-order valence-corrected chi connectivity index (χ3v) is 4.14. The number of rotatable bonds is 2. The summed E-state index contributed by atoms with van der Waals surface area (Å²) >= 11 is 5.38. The van der Waals surface area contributed by atoms with Gasteiger partial charge in [-0.2, -0.15) is 5.10 Å². The summed E-state index contributed by atoms with van der Waals surface area (Å²) in [6.45, 7) is 0.285. The van der Waals surface area contributed by atoms with Crippen molar-refractivity contribution in [3.05, 3.63) is 49.8 Å². The molecule has 6 heteroatoms. The summed E-state index contributed by atoms with van der Waals surface area (Å²) in [6, 6.07) is 3.54. The Morgan fingerprint density at radius 1 is 1.38 bits per heavy atom. The Kier molecular flexibility index (Phi) is 3.58. The fourth-order valence-corrected chi connectivity index (χ4v) is 2.01. The SMILES string of the molecule is Fc1ccc(Cn2cc(Br)c(I)n2)c(F)c1. The second kappa shape index (κ2) is 4.79. The van der Waals surface area contributed by atoms with Gasteiger partial charge in [0.25, 0.3) is 0 Å². The van der Waals surface area contributed by atoms with Crippen LogP contribution in [0.25, 0.3) is 0 Å². The maximum absolute atomic E-state index is 13.3. The number of halogens is 4. The van der Waals surface area contributed by atoms with Crippen LogP contribution < -0.4 is 0 Å². The average Bonchev–Trinajstić information content (AvgIpc) is 2.51. The molecule has 0 bridgehead atoms. The Bertz CT molecular complexity index is 508. The molecule has 2 rings (SSSR count). The van der Waals surface area contributed by atoms with Gasteiger partial charge in [0.05, 0.1) is 11.0 Å². The molecule has 0 saturated heterocycles. The Morgan fingerprint density at radius 2 is 2.12 bits per heavy atom. The van der Waals surface area contributed by atoms with Crippen molar-refractivity contribution in [3.63, 3.8) is 0 Å². The van der Waals surface area contributed by atoms with Crippen molar-refractivity contribution >= 4 is 38.5 Å². The van der Waals surface area contributed by atoms with Gasteiger partial charge in [0.2, 0.25) is 0 Å². The molecule has 0 aliphatic rings. The van der Waals surface area contributed by atoms with E-state index in [1.807, 2.05) is 0 Å². The number of aromatic nitrogens is 2. The van der Waals surface area contributed by atoms with E-state index >= 15 is 0 Å². The van der Waals surface area contributed by atoms with Crippen molar-refractivity contribution in [2.45, 2.75) is 6.54 Å². The molecule has 0 spiro atoms. The Balaban J connectivity index is 2.27. The largest absolute Gasteiger partial charge is 0.266 e. The minimum absolute atomic E-state index is 0.285. The third kappa shape index (κ3) is 2.60. The normalized spacial score (nSPS) is 10.8. The zero-order chi connectivity index (χ0) is 11.7. The van der Waals surface area contributed by atoms with Crippen LogP contribution in [0.5, 0.6) is 0 Å². The van der Waals surface area contributed by atoms with E-state index in [9.17, 15) is 8.78 Å². The summed E-state index contributed by atoms with van der Waals surface area (Å²) in [5, 5.41) is 4.17. The topological polar surface area (TPSA) is 17.8 Å². The van der Waals surface area contributed by atoms with Gasteiger partial charge in [-0.3, -0.25) is 4.68 Å². The monoisotopic (exact) mass is 398 g/mol. The predicted molar refractivity (Wildman–Crippen MR) is 68.1 cm³/mol. The van der Waals surface area contributed by atoms with Crippen LogP contribution in [0.4, 0.5) is 8.78 Å². The van der Waals surface area contributed by atoms with Crippen LogP contribution in [0, 0.1) is 15.3 Å². The van der Waals surface area contributed by atoms with E-state index < -0.39 is 11.6 Å². The van der Waals surface area contributed by atoms with Gasteiger partial charge in [0.15, 0.2) is 0 Å². The molecule has 0 aliphatic heterocycles. The molecule has 1 aromatic heterocycles. The van der Waals surface area contributed by atoms with Crippen LogP contribution in [0.2, 0.25) is 0 Å². The van der Waals surface area contributed by atoms with Crippen molar-refractivity contribution in [1.82, 2.24) is 9.78 Å². The Labute approximate surface area is 113 Å². The Hall–Kier alpha value is -0.500. The minimum Gasteiger partial charge on any atom is -0.266 e. The van der Waals surface area contributed by atoms with Crippen LogP contribution in [-0.4, -0.2) is 9.78 Å². The lowest BCUT2D eigenvalue weighted by atomic mass is 10.2. The molecule has 1 heterocycles. The van der Waals surface area contributed by atoms with Crippen molar-refractivity contribution in [2.24, 2.45) is 0 Å². The first-order chi connectivity index (χ1) is 7.56. The van der Waals surface area contributed by atoms with E-state index in [-0.39, 0.29) is 6.54 Å². The van der Waals surface area contributed by atoms with Gasteiger partial charge in [-0.05, 0) is 44.6 Å². The van der Waals surface area contributed by atoms with E-state index in [0.29, 0.717) is 5.56 Å². The van der Waals surface area contributed by atoms with Gasteiger partial charge in [0.1, 0.15) is 15.3 Å². The summed E-state index contributed by atoms with van der Waals surface area (Å²) in [6.07, 6.45) is 1.75. The maximum Gasteiger partial charge on any atom is 0.137 e. The van der Waals surface area contributed by atoms with Crippen LogP contribution in [-0.2, 0) is 6.54 Å². The molecule has 0 unspecified atom stereocenters. The third-order valence-electron chi connectivity index (χ3n) is 2.02. The molecule has 0 radical (unpaired) electrons. The lowest BCUT2D eigenvalue weighted by molar-refractivity contribution is 0.558. The molecule has 2 nitrogen and oxygen atoms in total. The van der Waals surface area contributed by atoms with E-state index in [0.717, 1.165) is 14.2 Å². The first-order valence-electron chi connectivity index (χ1n) is 4.38. The van der Waals surface area contributed by atoms with Gasteiger partial charge < -0.3 is 0 Å². The molecular formula is C10H6BrF2IN2. The summed E-state index contributed by atoms with van der Waals surface area (Å²) in [5.41, 5.74) is 0.410. The smallest absolute Gasteiger partial charge is 0.137 e. The summed E-state index contributed by atoms with van der Waals surface area (Å²) in [5.74, 6) is -1.13. The van der Waals surface area contributed by atoms with Gasteiger partial charge in [-0.15, -0.1) is 0 Å². The Morgan fingerprint density at radius 3 is 2.69 bits per heavy atom. The average molecular weight is 399 g/mol. The fourth-order valence-electron chi connectivity index (χ4n) is 1.28. The zero-order valence-electron chi connectivity index (χ0n) is 7.92. The highest BCUT2D eigenvalue weighted by Gasteiger charge is 2.07. The van der Waals surface area contributed by atoms with E-state index in [2.05, 4.69) is 43.6 Å². The van der Waals surface area contributed by atoms with Gasteiger partial charge in [0, 0.05) is 17.8 Å². The van der Waals surface area contributed by atoms with Crippen molar-refractivity contribution in [3.8, 4) is 0 Å². The predicted octanol–water partition coefficient (Wildman–Crippen LogP) is 3.58. The fraction of sp³-hybridized carbons (Fsp3) is 0.100. The van der Waals surface area contributed by atoms with Crippen LogP contribution in [0.15, 0.2) is 28.9 Å². The highest BCUT2D eigenvalue weighted by molar-refractivity contribution is 14.1. The lowest BCUT2D eigenvalue weighted by Crippen LogP contribution is -2.03. The van der Waals surface area contributed by atoms with E-state index in [1.165, 1.54) is 12.1 Å². The first-order valence-corrected chi connectivity index (χ1v) is 6.26. The second-order valence-electron chi connectivity index (χ2n) is 3.20. The van der Waals surface area contributed by atoms with E-state index in [4.69, 9.17) is 0 Å². The second-order valence-corrected chi connectivity index (χ2v) is 5.08. The highest BCUT2D eigenvalue weighted by atomic mass is 127. The molecule has 2 aromatic rings. The number of nitrogens with zero attached hydrogens (tertiary/aromatic N) is 2. The van der Waals surface area contributed by atoms with Crippen molar-refractivity contribution in [1.29, 1.82) is 0 Å². The van der Waals surface area contributed by atoms with Crippen molar-refractivity contribution in [2.75, 3.05) is 0 Å². The quantitative estimate of drug-likeness (QED) is 0.707. The number of benzene rings is 1. The molecule has 0 fully saturated rings. The molecule has 0 saturated carbocycles. The summed E-state index contributed by atoms with van der Waals surface area (Å²) < 4.78 is 29.3. The summed E-state index contributed by atoms with van der Waals surface area (Å²) in [7, 11) is 0. The lowest BCUT2D eigenvalue weighted by Gasteiger charge is -2.03. The molecule has 84 valence electrons. The maximum atomic E-state index is 13.3. The molecule has 0 N–H and O–H groups in total. The first kappa shape index (κ1) is 12.0. The van der Waals surface area contributed by atoms with Gasteiger partial charge in [-0.1, -0.05) is 6.07 Å². The van der Waals surface area contributed by atoms with Crippen LogP contribution in [0.3, 0.4) is 0 Å². The highest BCUT2D eigenvalue weighted by Crippen LogP contribution is 2.18. The number of hydrogen-bond acceptors (Lipinski definition) is 1. The van der Waals surface area contributed by atoms with Crippen LogP contribution >= 0.6 is 38.5 Å². The molecule has 1 aromatic carbocycles. The van der Waals surface area contributed by atoms with Gasteiger partial charge >= 0.3 is 0 Å². The van der Waals surface area contributed by atoms with E-state index in [1.54, 1.807) is 10.9 Å². The van der Waals surface area contributed by atoms with Gasteiger partial charge in [-0.25, -0.2) is 8.78 Å². The molecular weight excluding hydrogens is 393 g/mol. The minimum atomic E-state index is -0.572. The van der Waals surface area contributed by atoms with Crippen LogP contribution in [0.1, 0.15) is 5.56 Å². The standard InChI is InChI=1S/C10H6BrF2IN2/c11-8-5-16(15-10(8)14)4-6-1-2-7(12)3-9(6)13/h1-3,5H,4H2. The molecule has 0 aliphatic carbocycles. The zero-order valence-corrected chi connectivity index (χ0v) is 11.7. The molecule has 0 atom stereocenters. The molecule has 16 heavy (non-hydrogen) atoms. The summed E-state index contributed by atoms with van der Waals surface area (Å²) in [4.78, 5) is 0.